The Labute approximate surface area is 124 Å². The summed E-state index contributed by atoms with van der Waals surface area (Å²) >= 11 is 0. The number of rotatable bonds is 5. The van der Waals surface area contributed by atoms with E-state index in [2.05, 4.69) is 9.97 Å². The maximum atomic E-state index is 12.4. The highest BCUT2D eigenvalue weighted by Gasteiger charge is 2.17. The number of carbonyl (C=O) groups excluding carboxylic acids is 1. The second kappa shape index (κ2) is 6.35. The molecule has 1 heterocycles. The van der Waals surface area contributed by atoms with Crippen molar-refractivity contribution in [3.8, 4) is 11.8 Å². The first kappa shape index (κ1) is 15.0. The lowest BCUT2D eigenvalue weighted by Crippen LogP contribution is -2.10. The van der Waals surface area contributed by atoms with Gasteiger partial charge in [-0.05, 0) is 30.5 Å². The molecule has 1 aromatic carbocycles. The average molecular weight is 286 g/mol. The van der Waals surface area contributed by atoms with E-state index in [-0.39, 0.29) is 23.8 Å². The minimum Gasteiger partial charge on any atom is -0.480 e. The second-order valence-corrected chi connectivity index (χ2v) is 4.79. The van der Waals surface area contributed by atoms with Crippen LogP contribution in [-0.4, -0.2) is 30.0 Å². The van der Waals surface area contributed by atoms with Crippen LogP contribution >= 0.6 is 0 Å². The Bertz CT molecular complexity index is 669. The van der Waals surface area contributed by atoms with Crippen LogP contribution in [0.3, 0.4) is 0 Å². The Morgan fingerprint density at radius 3 is 2.52 bits per heavy atom. The van der Waals surface area contributed by atoms with Gasteiger partial charge in [-0.2, -0.15) is 4.98 Å². The lowest BCUT2D eigenvalue weighted by atomic mass is 10.0. The molecule has 0 unspecified atom stereocenters. The molecule has 21 heavy (non-hydrogen) atoms. The van der Waals surface area contributed by atoms with Gasteiger partial charge in [0, 0.05) is 6.42 Å². The summed E-state index contributed by atoms with van der Waals surface area (Å²) in [6.07, 6.45) is 1.68. The second-order valence-electron chi connectivity index (χ2n) is 4.79. The lowest BCUT2D eigenvalue weighted by Gasteiger charge is -2.08. The van der Waals surface area contributed by atoms with Gasteiger partial charge in [-0.15, -0.1) is 0 Å². The maximum absolute atomic E-state index is 12.4. The molecule has 2 rings (SSSR count). The number of ether oxygens (including phenoxy) is 2. The van der Waals surface area contributed by atoms with Crippen LogP contribution < -0.4 is 9.47 Å². The van der Waals surface area contributed by atoms with Crippen molar-refractivity contribution in [2.24, 2.45) is 0 Å². The fraction of sp³-hybridized carbons (Fsp3) is 0.312. The number of benzene rings is 1. The zero-order valence-corrected chi connectivity index (χ0v) is 12.6. The Morgan fingerprint density at radius 2 is 1.90 bits per heavy atom. The minimum atomic E-state index is -0.134. The molecule has 0 aliphatic rings. The Morgan fingerprint density at radius 1 is 1.14 bits per heavy atom. The van der Waals surface area contributed by atoms with Gasteiger partial charge in [0.1, 0.15) is 0 Å². The molecule has 1 aromatic heterocycles. The topological polar surface area (TPSA) is 61.3 Å². The Hall–Kier alpha value is -2.43. The van der Waals surface area contributed by atoms with Crippen LogP contribution in [0.5, 0.6) is 11.8 Å². The van der Waals surface area contributed by atoms with E-state index >= 15 is 0 Å². The van der Waals surface area contributed by atoms with Crippen LogP contribution in [0.25, 0.3) is 0 Å². The molecule has 0 fully saturated rings. The van der Waals surface area contributed by atoms with Crippen LogP contribution in [0, 0.1) is 13.8 Å². The number of aromatic nitrogens is 2. The molecule has 0 spiro atoms. The Balaban J connectivity index is 2.25. The highest BCUT2D eigenvalue weighted by atomic mass is 16.5. The van der Waals surface area contributed by atoms with Gasteiger partial charge in [0.25, 0.3) is 0 Å². The van der Waals surface area contributed by atoms with Crippen molar-refractivity contribution in [2.45, 2.75) is 20.3 Å². The van der Waals surface area contributed by atoms with E-state index in [1.165, 1.54) is 26.0 Å². The third kappa shape index (κ3) is 3.37. The smallest absolute Gasteiger partial charge is 0.246 e. The summed E-state index contributed by atoms with van der Waals surface area (Å²) in [7, 11) is 2.94. The third-order valence-corrected chi connectivity index (χ3v) is 3.32. The van der Waals surface area contributed by atoms with Crippen molar-refractivity contribution in [1.29, 1.82) is 0 Å². The first-order valence-corrected chi connectivity index (χ1v) is 6.59. The van der Waals surface area contributed by atoms with Crippen molar-refractivity contribution in [1.82, 2.24) is 9.97 Å². The van der Waals surface area contributed by atoms with Crippen LogP contribution in [0.4, 0.5) is 0 Å². The summed E-state index contributed by atoms with van der Waals surface area (Å²) in [5.74, 6) is 0.364. The first-order valence-electron chi connectivity index (χ1n) is 6.59. The summed E-state index contributed by atoms with van der Waals surface area (Å²) < 4.78 is 10.1. The zero-order chi connectivity index (χ0) is 15.4. The van der Waals surface area contributed by atoms with Crippen molar-refractivity contribution in [3.05, 3.63) is 46.8 Å². The molecular formula is C16H18N2O3. The molecule has 0 amide bonds. The quantitative estimate of drug-likeness (QED) is 0.790. The highest BCUT2D eigenvalue weighted by molar-refractivity contribution is 5.97. The van der Waals surface area contributed by atoms with E-state index in [9.17, 15) is 4.79 Å². The van der Waals surface area contributed by atoms with Gasteiger partial charge < -0.3 is 9.47 Å². The Kier molecular flexibility index (Phi) is 4.52. The number of methoxy groups -OCH3 is 2. The van der Waals surface area contributed by atoms with Crippen molar-refractivity contribution in [3.63, 3.8) is 0 Å². The number of nitrogens with zero attached hydrogens (tertiary/aromatic N) is 2. The van der Waals surface area contributed by atoms with Gasteiger partial charge in [-0.3, -0.25) is 4.79 Å². The molecule has 5 heteroatoms. The molecule has 5 nitrogen and oxygen atoms in total. The van der Waals surface area contributed by atoms with Gasteiger partial charge in [0.05, 0.1) is 20.4 Å². The molecule has 2 aromatic rings. The fourth-order valence-electron chi connectivity index (χ4n) is 1.97. The highest BCUT2D eigenvalue weighted by Crippen LogP contribution is 2.19. The average Bonchev–Trinajstić information content (AvgIpc) is 2.50. The summed E-state index contributed by atoms with van der Waals surface area (Å²) in [4.78, 5) is 20.5. The summed E-state index contributed by atoms with van der Waals surface area (Å²) in [5.41, 5.74) is 3.53. The largest absolute Gasteiger partial charge is 0.480 e. The molecule has 0 atom stereocenters. The van der Waals surface area contributed by atoms with Crippen LogP contribution in [0.15, 0.2) is 24.4 Å². The van der Waals surface area contributed by atoms with Crippen LogP contribution in [0.2, 0.25) is 0 Å². The molecule has 0 aliphatic heterocycles. The standard InChI is InChI=1S/C16H18N2O3/c1-10-5-6-12(7-11(10)2)8-13(19)15-16(21-4)18-14(20-3)9-17-15/h5-7,9H,8H2,1-4H3. The first-order chi connectivity index (χ1) is 10.0. The predicted molar refractivity (Wildman–Crippen MR) is 79.1 cm³/mol. The monoisotopic (exact) mass is 286 g/mol. The van der Waals surface area contributed by atoms with Gasteiger partial charge in [-0.25, -0.2) is 4.98 Å². The van der Waals surface area contributed by atoms with E-state index in [1.54, 1.807) is 0 Å². The van der Waals surface area contributed by atoms with E-state index < -0.39 is 0 Å². The predicted octanol–water partition coefficient (Wildman–Crippen LogP) is 2.54. The molecule has 0 bridgehead atoms. The molecule has 0 aliphatic carbocycles. The maximum Gasteiger partial charge on any atom is 0.246 e. The van der Waals surface area contributed by atoms with Crippen molar-refractivity contribution >= 4 is 5.78 Å². The van der Waals surface area contributed by atoms with Gasteiger partial charge in [0.2, 0.25) is 11.8 Å². The molecule has 0 saturated heterocycles. The third-order valence-electron chi connectivity index (χ3n) is 3.32. The van der Waals surface area contributed by atoms with E-state index in [1.807, 2.05) is 32.0 Å². The number of hydrogen-bond acceptors (Lipinski definition) is 5. The summed E-state index contributed by atoms with van der Waals surface area (Å²) in [6, 6.07) is 5.97. The van der Waals surface area contributed by atoms with Crippen molar-refractivity contribution in [2.75, 3.05) is 14.2 Å². The molecular weight excluding hydrogens is 268 g/mol. The lowest BCUT2D eigenvalue weighted by molar-refractivity contribution is 0.0984. The zero-order valence-electron chi connectivity index (χ0n) is 12.6. The van der Waals surface area contributed by atoms with Crippen LogP contribution in [-0.2, 0) is 6.42 Å². The normalized spacial score (nSPS) is 10.3. The van der Waals surface area contributed by atoms with E-state index in [0.29, 0.717) is 5.88 Å². The van der Waals surface area contributed by atoms with E-state index in [0.717, 1.165) is 11.1 Å². The minimum absolute atomic E-state index is 0.134. The van der Waals surface area contributed by atoms with Crippen LogP contribution in [0.1, 0.15) is 27.2 Å². The molecule has 110 valence electrons. The number of hydrogen-bond donors (Lipinski definition) is 0. The summed E-state index contributed by atoms with van der Waals surface area (Å²) in [5, 5.41) is 0. The number of Topliss-reactive ketones (excluding diaryl/α,β-unsaturated/α-hetero) is 1. The molecule has 0 N–H and O–H groups in total. The SMILES string of the molecule is COc1cnc(C(=O)Cc2ccc(C)c(C)c2)c(OC)n1. The van der Waals surface area contributed by atoms with E-state index in [4.69, 9.17) is 9.47 Å². The molecule has 0 radical (unpaired) electrons. The van der Waals surface area contributed by atoms with Crippen molar-refractivity contribution < 1.29 is 14.3 Å². The van der Waals surface area contributed by atoms with Gasteiger partial charge in [-0.1, -0.05) is 18.2 Å². The van der Waals surface area contributed by atoms with Gasteiger partial charge >= 0.3 is 0 Å². The number of ketones is 1. The fourth-order valence-corrected chi connectivity index (χ4v) is 1.97. The summed E-state index contributed by atoms with van der Waals surface area (Å²) in [6.45, 7) is 4.07. The number of carbonyl (C=O) groups is 1. The number of aryl methyl sites for hydroxylation is 2. The molecule has 0 saturated carbocycles. The van der Waals surface area contributed by atoms with Gasteiger partial charge in [0.15, 0.2) is 11.5 Å².